The Balaban J connectivity index is 2.87. The molecule has 0 atom stereocenters. The van der Waals surface area contributed by atoms with Gasteiger partial charge in [0.2, 0.25) is 10.0 Å². The molecule has 0 fully saturated rings. The van der Waals surface area contributed by atoms with Gasteiger partial charge in [-0.1, -0.05) is 12.2 Å². The minimum atomic E-state index is -3.56. The maximum Gasteiger partial charge on any atom is 0.243 e. The average Bonchev–Trinajstić information content (AvgIpc) is 2.48. The molecular weight excluding hydrogens is 290 g/mol. The lowest BCUT2D eigenvalue weighted by atomic mass is 10.3. The molecule has 6 heteroatoms. The summed E-state index contributed by atoms with van der Waals surface area (Å²) in [7, 11) is -1.97. The van der Waals surface area contributed by atoms with E-state index < -0.39 is 10.0 Å². The van der Waals surface area contributed by atoms with Crippen molar-refractivity contribution >= 4 is 10.0 Å². The van der Waals surface area contributed by atoms with E-state index in [1.807, 2.05) is 0 Å². The van der Waals surface area contributed by atoms with Crippen molar-refractivity contribution in [3.8, 4) is 5.75 Å². The first kappa shape index (κ1) is 17.4. The van der Waals surface area contributed by atoms with Gasteiger partial charge in [0.15, 0.2) is 0 Å². The fraction of sp³-hybridized carbons (Fsp3) is 0.333. The molecule has 0 aliphatic carbocycles. The van der Waals surface area contributed by atoms with Crippen LogP contribution in [0.2, 0.25) is 0 Å². The van der Waals surface area contributed by atoms with E-state index in [2.05, 4.69) is 13.2 Å². The van der Waals surface area contributed by atoms with Crippen LogP contribution in [0.25, 0.3) is 0 Å². The molecule has 1 aromatic carbocycles. The first-order valence-electron chi connectivity index (χ1n) is 6.50. The van der Waals surface area contributed by atoms with Crippen molar-refractivity contribution in [2.24, 2.45) is 0 Å². The summed E-state index contributed by atoms with van der Waals surface area (Å²) in [5.74, 6) is 0.602. The first-order valence-corrected chi connectivity index (χ1v) is 7.94. The summed E-state index contributed by atoms with van der Waals surface area (Å²) in [5, 5.41) is 0. The molecule has 21 heavy (non-hydrogen) atoms. The van der Waals surface area contributed by atoms with Gasteiger partial charge in [0.25, 0.3) is 0 Å². The van der Waals surface area contributed by atoms with Gasteiger partial charge in [-0.2, -0.15) is 4.31 Å². The van der Waals surface area contributed by atoms with Gasteiger partial charge in [0, 0.05) is 20.2 Å². The Kier molecular flexibility index (Phi) is 7.14. The molecule has 1 aromatic rings. The fourth-order valence-electron chi connectivity index (χ4n) is 1.66. The number of rotatable bonds is 10. The van der Waals surface area contributed by atoms with Gasteiger partial charge in [-0.05, 0) is 24.3 Å². The maximum atomic E-state index is 12.5. The fourth-order valence-corrected chi connectivity index (χ4v) is 3.04. The van der Waals surface area contributed by atoms with Crippen molar-refractivity contribution in [3.05, 3.63) is 49.6 Å². The van der Waals surface area contributed by atoms with Gasteiger partial charge < -0.3 is 9.47 Å². The van der Waals surface area contributed by atoms with Crippen LogP contribution in [-0.4, -0.2) is 46.1 Å². The topological polar surface area (TPSA) is 55.8 Å². The molecule has 0 aromatic heterocycles. The number of hydrogen-bond acceptors (Lipinski definition) is 4. The first-order chi connectivity index (χ1) is 10.1. The number of hydrogen-bond donors (Lipinski definition) is 0. The standard InChI is InChI=1S/C15H21NO4S/c1-4-10-16(11-5-2)21(17,18)15-8-6-14(7-9-15)20-13-12-19-3/h4-9H,1-2,10-13H2,3H3. The molecule has 0 aliphatic heterocycles. The van der Waals surface area contributed by atoms with Crippen molar-refractivity contribution < 1.29 is 17.9 Å². The molecule has 0 amide bonds. The van der Waals surface area contributed by atoms with Crippen molar-refractivity contribution in [1.29, 1.82) is 0 Å². The molecule has 116 valence electrons. The van der Waals surface area contributed by atoms with Crippen LogP contribution in [0.4, 0.5) is 0 Å². The van der Waals surface area contributed by atoms with Crippen molar-refractivity contribution in [2.75, 3.05) is 33.4 Å². The number of sulfonamides is 1. The van der Waals surface area contributed by atoms with Crippen molar-refractivity contribution in [2.45, 2.75) is 4.90 Å². The third kappa shape index (κ3) is 5.00. The second kappa shape index (κ2) is 8.61. The van der Waals surface area contributed by atoms with E-state index in [4.69, 9.17) is 9.47 Å². The molecule has 0 heterocycles. The van der Waals surface area contributed by atoms with Crippen LogP contribution >= 0.6 is 0 Å². The van der Waals surface area contributed by atoms with Gasteiger partial charge >= 0.3 is 0 Å². The van der Waals surface area contributed by atoms with E-state index in [0.29, 0.717) is 19.0 Å². The van der Waals surface area contributed by atoms with Crippen molar-refractivity contribution in [1.82, 2.24) is 4.31 Å². The van der Waals surface area contributed by atoms with Gasteiger partial charge in [0.05, 0.1) is 11.5 Å². The van der Waals surface area contributed by atoms with Crippen LogP contribution in [0, 0.1) is 0 Å². The smallest absolute Gasteiger partial charge is 0.243 e. The minimum Gasteiger partial charge on any atom is -0.491 e. The largest absolute Gasteiger partial charge is 0.491 e. The summed E-state index contributed by atoms with van der Waals surface area (Å²) in [6.45, 7) is 8.52. The van der Waals surface area contributed by atoms with E-state index in [0.717, 1.165) is 0 Å². The molecule has 0 saturated heterocycles. The Hall–Kier alpha value is -1.63. The second-order valence-corrected chi connectivity index (χ2v) is 6.15. The Morgan fingerprint density at radius 1 is 1.10 bits per heavy atom. The number of nitrogens with zero attached hydrogens (tertiary/aromatic N) is 1. The minimum absolute atomic E-state index is 0.213. The molecule has 0 saturated carbocycles. The van der Waals surface area contributed by atoms with Gasteiger partial charge in [-0.15, -0.1) is 13.2 Å². The number of methoxy groups -OCH3 is 1. The molecular formula is C15H21NO4S. The van der Waals surface area contributed by atoms with Gasteiger partial charge in [-0.3, -0.25) is 0 Å². The Bertz CT molecular complexity index is 542. The van der Waals surface area contributed by atoms with Crippen LogP contribution in [0.5, 0.6) is 5.75 Å². The highest BCUT2D eigenvalue weighted by atomic mass is 32.2. The molecule has 0 aliphatic rings. The average molecular weight is 311 g/mol. The van der Waals surface area contributed by atoms with Crippen LogP contribution in [0.1, 0.15) is 0 Å². The van der Waals surface area contributed by atoms with Crippen LogP contribution < -0.4 is 4.74 Å². The molecule has 0 N–H and O–H groups in total. The lowest BCUT2D eigenvalue weighted by Crippen LogP contribution is -2.31. The normalized spacial score (nSPS) is 11.3. The monoisotopic (exact) mass is 311 g/mol. The number of benzene rings is 1. The highest BCUT2D eigenvalue weighted by Gasteiger charge is 2.22. The third-order valence-corrected chi connectivity index (χ3v) is 4.53. The SMILES string of the molecule is C=CCN(CC=C)S(=O)(=O)c1ccc(OCCOC)cc1. The molecule has 0 spiro atoms. The molecule has 0 unspecified atom stereocenters. The zero-order chi connectivity index (χ0) is 15.7. The Labute approximate surface area is 126 Å². The van der Waals surface area contributed by atoms with E-state index in [9.17, 15) is 8.42 Å². The highest BCUT2D eigenvalue weighted by molar-refractivity contribution is 7.89. The zero-order valence-corrected chi connectivity index (χ0v) is 13.0. The number of ether oxygens (including phenoxy) is 2. The predicted octanol–water partition coefficient (Wildman–Crippen LogP) is 2.07. The molecule has 5 nitrogen and oxygen atoms in total. The summed E-state index contributed by atoms with van der Waals surface area (Å²) < 4.78 is 36.5. The second-order valence-electron chi connectivity index (χ2n) is 4.21. The quantitative estimate of drug-likeness (QED) is 0.490. The van der Waals surface area contributed by atoms with Crippen LogP contribution in [0.3, 0.4) is 0 Å². The Morgan fingerprint density at radius 2 is 1.67 bits per heavy atom. The maximum absolute atomic E-state index is 12.5. The van der Waals surface area contributed by atoms with Crippen molar-refractivity contribution in [3.63, 3.8) is 0 Å². The van der Waals surface area contributed by atoms with E-state index in [-0.39, 0.29) is 18.0 Å². The molecule has 1 rings (SSSR count). The summed E-state index contributed by atoms with van der Waals surface area (Å²) in [6, 6.07) is 6.30. The lowest BCUT2D eigenvalue weighted by Gasteiger charge is -2.19. The van der Waals surface area contributed by atoms with E-state index in [1.54, 1.807) is 31.4 Å². The summed E-state index contributed by atoms with van der Waals surface area (Å²) in [5.41, 5.74) is 0. The summed E-state index contributed by atoms with van der Waals surface area (Å²) in [4.78, 5) is 0.213. The van der Waals surface area contributed by atoms with Crippen LogP contribution in [0.15, 0.2) is 54.5 Å². The van der Waals surface area contributed by atoms with Gasteiger partial charge in [0.1, 0.15) is 12.4 Å². The highest BCUT2D eigenvalue weighted by Crippen LogP contribution is 2.19. The molecule has 0 bridgehead atoms. The Morgan fingerprint density at radius 3 is 2.14 bits per heavy atom. The predicted molar refractivity (Wildman–Crippen MR) is 83.0 cm³/mol. The van der Waals surface area contributed by atoms with E-state index in [1.165, 1.54) is 16.4 Å². The summed E-state index contributed by atoms with van der Waals surface area (Å²) in [6.07, 6.45) is 3.09. The lowest BCUT2D eigenvalue weighted by molar-refractivity contribution is 0.146. The zero-order valence-electron chi connectivity index (χ0n) is 12.2. The van der Waals surface area contributed by atoms with Gasteiger partial charge in [-0.25, -0.2) is 8.42 Å². The van der Waals surface area contributed by atoms with Crippen LogP contribution in [-0.2, 0) is 14.8 Å². The van der Waals surface area contributed by atoms with E-state index >= 15 is 0 Å². The summed E-state index contributed by atoms with van der Waals surface area (Å²) >= 11 is 0. The molecule has 0 radical (unpaired) electrons. The third-order valence-electron chi connectivity index (χ3n) is 2.68.